The number of aliphatic carboxylic acids is 1. The summed E-state index contributed by atoms with van der Waals surface area (Å²) < 4.78 is 34.1. The van der Waals surface area contributed by atoms with Gasteiger partial charge in [0.05, 0.1) is 27.5 Å². The topological polar surface area (TPSA) is 156 Å². The van der Waals surface area contributed by atoms with Crippen molar-refractivity contribution in [3.8, 4) is 5.75 Å². The van der Waals surface area contributed by atoms with E-state index in [1.54, 1.807) is 18.2 Å². The molecule has 11 heteroatoms. The Bertz CT molecular complexity index is 1190. The molecule has 1 heterocycles. The van der Waals surface area contributed by atoms with Crippen LogP contribution in [0.5, 0.6) is 5.75 Å². The molecular formula is C20H18N2O8S. The summed E-state index contributed by atoms with van der Waals surface area (Å²) in [5.41, 5.74) is 0.480. The maximum atomic E-state index is 12.9. The van der Waals surface area contributed by atoms with E-state index in [-0.39, 0.29) is 22.6 Å². The molecule has 1 saturated carbocycles. The highest BCUT2D eigenvalue weighted by atomic mass is 32.2. The zero-order chi connectivity index (χ0) is 22.5. The number of aliphatic hydroxyl groups is 1. The second-order valence-corrected chi connectivity index (χ2v) is 9.10. The third kappa shape index (κ3) is 3.56. The fraction of sp³-hybridized carbons (Fsp3) is 0.250. The number of nitrogens with one attached hydrogen (secondary N) is 1. The smallest absolute Gasteiger partial charge is 0.335 e. The molecule has 0 bridgehead atoms. The lowest BCUT2D eigenvalue weighted by Crippen LogP contribution is -2.43. The Morgan fingerprint density at radius 1 is 1.23 bits per heavy atom. The van der Waals surface area contributed by atoms with Crippen molar-refractivity contribution in [2.24, 2.45) is 0 Å². The second kappa shape index (κ2) is 7.45. The molecule has 1 aliphatic heterocycles. The summed E-state index contributed by atoms with van der Waals surface area (Å²) in [6, 6.07) is 8.36. The van der Waals surface area contributed by atoms with Crippen LogP contribution in [-0.4, -0.2) is 47.8 Å². The summed E-state index contributed by atoms with van der Waals surface area (Å²) in [6.07, 6.45) is -1.44. The number of hydrogen-bond donors (Lipinski definition) is 3. The third-order valence-corrected chi connectivity index (χ3v) is 7.06. The van der Waals surface area contributed by atoms with E-state index in [2.05, 4.69) is 11.3 Å². The predicted octanol–water partition coefficient (Wildman–Crippen LogP) is 1.65. The molecule has 0 amide bonds. The van der Waals surface area contributed by atoms with Gasteiger partial charge in [-0.15, -0.1) is 0 Å². The van der Waals surface area contributed by atoms with E-state index in [1.807, 2.05) is 0 Å². The first-order chi connectivity index (χ1) is 14.6. The number of hydrogen-bond acceptors (Lipinski definition) is 7. The van der Waals surface area contributed by atoms with Crippen molar-refractivity contribution in [1.82, 2.24) is 4.72 Å². The van der Waals surface area contributed by atoms with Crippen LogP contribution in [-0.2, 0) is 14.8 Å². The van der Waals surface area contributed by atoms with Gasteiger partial charge in [0.2, 0.25) is 10.0 Å². The first-order valence-electron chi connectivity index (χ1n) is 9.27. The van der Waals surface area contributed by atoms with Crippen LogP contribution in [0.25, 0.3) is 5.57 Å². The minimum absolute atomic E-state index is 0.145. The molecule has 1 fully saturated rings. The first-order valence-corrected chi connectivity index (χ1v) is 10.8. The van der Waals surface area contributed by atoms with Crippen molar-refractivity contribution >= 4 is 27.3 Å². The fourth-order valence-electron chi connectivity index (χ4n) is 4.12. The summed E-state index contributed by atoms with van der Waals surface area (Å²) in [6.45, 7) is 3.56. The van der Waals surface area contributed by atoms with E-state index in [9.17, 15) is 33.5 Å². The molecule has 162 valence electrons. The standard InChI is InChI=1S/C20H18N2O8S/c1-10(20(24)25)13-3-2-4-14-17-16(30-19(13)14)9-15(23)18(17)21-31(28,29)12-7-5-11(6-8-12)22(26)27/h2-8,15-18,21,23H,1,9H2,(H,24,25). The molecular weight excluding hydrogens is 428 g/mol. The van der Waals surface area contributed by atoms with Crippen molar-refractivity contribution in [3.05, 3.63) is 70.3 Å². The van der Waals surface area contributed by atoms with Gasteiger partial charge in [-0.05, 0) is 12.1 Å². The Kier molecular flexibility index (Phi) is 5.04. The van der Waals surface area contributed by atoms with Gasteiger partial charge in [0.15, 0.2) is 0 Å². The monoisotopic (exact) mass is 446 g/mol. The van der Waals surface area contributed by atoms with Gasteiger partial charge in [-0.1, -0.05) is 24.8 Å². The van der Waals surface area contributed by atoms with Crippen LogP contribution in [0.3, 0.4) is 0 Å². The van der Waals surface area contributed by atoms with E-state index in [1.165, 1.54) is 0 Å². The highest BCUT2D eigenvalue weighted by Gasteiger charge is 2.51. The Morgan fingerprint density at radius 2 is 1.90 bits per heavy atom. The maximum Gasteiger partial charge on any atom is 0.335 e. The van der Waals surface area contributed by atoms with E-state index in [0.717, 1.165) is 24.3 Å². The van der Waals surface area contributed by atoms with Crippen LogP contribution in [0.4, 0.5) is 5.69 Å². The third-order valence-electron chi connectivity index (χ3n) is 5.58. The molecule has 0 aromatic heterocycles. The maximum absolute atomic E-state index is 12.9. The molecule has 1 aliphatic carbocycles. The molecule has 0 spiro atoms. The van der Waals surface area contributed by atoms with Gasteiger partial charge in [0, 0.05) is 35.6 Å². The minimum Gasteiger partial charge on any atom is -0.489 e. The highest BCUT2D eigenvalue weighted by molar-refractivity contribution is 7.89. The van der Waals surface area contributed by atoms with Gasteiger partial charge in [-0.3, -0.25) is 10.1 Å². The number of carboxylic acid groups (broad SMARTS) is 1. The van der Waals surface area contributed by atoms with Crippen molar-refractivity contribution in [1.29, 1.82) is 0 Å². The van der Waals surface area contributed by atoms with E-state index >= 15 is 0 Å². The van der Waals surface area contributed by atoms with E-state index in [4.69, 9.17) is 4.74 Å². The number of carboxylic acids is 1. The molecule has 4 atom stereocenters. The quantitative estimate of drug-likeness (QED) is 0.343. The molecule has 0 radical (unpaired) electrons. The van der Waals surface area contributed by atoms with Crippen LogP contribution in [0.15, 0.2) is 53.9 Å². The molecule has 2 aromatic carbocycles. The number of non-ortho nitro benzene ring substituents is 1. The lowest BCUT2D eigenvalue weighted by Gasteiger charge is -2.22. The van der Waals surface area contributed by atoms with Crippen LogP contribution in [0.2, 0.25) is 0 Å². The molecule has 2 aromatic rings. The number of nitro groups is 1. The number of nitro benzene ring substituents is 1. The average Bonchev–Trinajstić information content (AvgIpc) is 3.22. The van der Waals surface area contributed by atoms with E-state index in [0.29, 0.717) is 16.9 Å². The number of benzene rings is 2. The van der Waals surface area contributed by atoms with Gasteiger partial charge >= 0.3 is 5.97 Å². The van der Waals surface area contributed by atoms with Gasteiger partial charge in [-0.25, -0.2) is 17.9 Å². The zero-order valence-electron chi connectivity index (χ0n) is 16.0. The van der Waals surface area contributed by atoms with E-state index < -0.39 is 45.1 Å². The number of carbonyl (C=O) groups is 1. The Balaban J connectivity index is 1.66. The van der Waals surface area contributed by atoms with Crippen LogP contribution >= 0.6 is 0 Å². The SMILES string of the molecule is C=C(C(=O)O)c1cccc2c1OC1CC(O)C(NS(=O)(=O)c3ccc([N+](=O)[O-])cc3)C21. The fourth-order valence-corrected chi connectivity index (χ4v) is 5.41. The zero-order valence-corrected chi connectivity index (χ0v) is 16.8. The Labute approximate surface area is 177 Å². The number of rotatable bonds is 6. The van der Waals surface area contributed by atoms with Crippen molar-refractivity contribution in [3.63, 3.8) is 0 Å². The molecule has 0 saturated heterocycles. The second-order valence-electron chi connectivity index (χ2n) is 7.39. The van der Waals surface area contributed by atoms with Crippen molar-refractivity contribution < 1.29 is 33.1 Å². The van der Waals surface area contributed by atoms with Crippen molar-refractivity contribution in [2.75, 3.05) is 0 Å². The Morgan fingerprint density at radius 3 is 2.52 bits per heavy atom. The van der Waals surface area contributed by atoms with Crippen LogP contribution in [0, 0.1) is 10.1 Å². The summed E-state index contributed by atoms with van der Waals surface area (Å²) in [4.78, 5) is 21.3. The number of fused-ring (bicyclic) bond motifs is 3. The normalized spacial score (nSPS) is 24.2. The average molecular weight is 446 g/mol. The lowest BCUT2D eigenvalue weighted by molar-refractivity contribution is -0.384. The number of sulfonamides is 1. The molecule has 2 aliphatic rings. The number of aliphatic hydroxyl groups excluding tert-OH is 1. The number of ether oxygens (including phenoxy) is 1. The highest BCUT2D eigenvalue weighted by Crippen LogP contribution is 2.49. The lowest BCUT2D eigenvalue weighted by atomic mass is 9.91. The Hall–Kier alpha value is -3.28. The minimum atomic E-state index is -4.10. The van der Waals surface area contributed by atoms with Gasteiger partial charge < -0.3 is 14.9 Å². The molecule has 31 heavy (non-hydrogen) atoms. The largest absolute Gasteiger partial charge is 0.489 e. The molecule has 10 nitrogen and oxygen atoms in total. The van der Waals surface area contributed by atoms with Gasteiger partial charge in [0.25, 0.3) is 5.69 Å². The molecule has 3 N–H and O–H groups in total. The molecule has 4 rings (SSSR count). The summed E-state index contributed by atoms with van der Waals surface area (Å²) in [5, 5.41) is 30.6. The van der Waals surface area contributed by atoms with Crippen LogP contribution < -0.4 is 9.46 Å². The summed E-state index contributed by atoms with van der Waals surface area (Å²) in [5.74, 6) is -1.43. The van der Waals surface area contributed by atoms with Crippen molar-refractivity contribution in [2.45, 2.75) is 35.5 Å². The number of nitrogens with zero attached hydrogens (tertiary/aromatic N) is 1. The van der Waals surface area contributed by atoms with Crippen LogP contribution in [0.1, 0.15) is 23.5 Å². The van der Waals surface area contributed by atoms with Gasteiger partial charge in [0.1, 0.15) is 11.9 Å². The predicted molar refractivity (Wildman–Crippen MR) is 108 cm³/mol. The number of para-hydroxylation sites is 1. The summed E-state index contributed by atoms with van der Waals surface area (Å²) in [7, 11) is -4.10. The molecule has 4 unspecified atom stereocenters. The summed E-state index contributed by atoms with van der Waals surface area (Å²) >= 11 is 0. The first kappa shape index (κ1) is 21.0. The van der Waals surface area contributed by atoms with Gasteiger partial charge in [-0.2, -0.15) is 0 Å².